The summed E-state index contributed by atoms with van der Waals surface area (Å²) in [7, 11) is 1.36. The van der Waals surface area contributed by atoms with Gasteiger partial charge in [0.05, 0.1) is 17.7 Å². The molecule has 0 heterocycles. The zero-order valence-electron chi connectivity index (χ0n) is 14.2. The number of hydrogen-bond donors (Lipinski definition) is 1. The molecule has 0 aliphatic carbocycles. The van der Waals surface area contributed by atoms with Crippen LogP contribution in [0.4, 0.5) is 11.4 Å². The molecule has 0 fully saturated rings. The van der Waals surface area contributed by atoms with Gasteiger partial charge in [-0.05, 0) is 23.8 Å². The molecule has 2 aromatic carbocycles. The largest absolute Gasteiger partial charge is 0.495 e. The second-order valence-electron chi connectivity index (χ2n) is 5.15. The van der Waals surface area contributed by atoms with Gasteiger partial charge in [0, 0.05) is 23.2 Å². The molecule has 0 aliphatic rings. The molecule has 0 bridgehead atoms. The van der Waals surface area contributed by atoms with Gasteiger partial charge in [0.1, 0.15) is 5.75 Å². The predicted octanol–water partition coefficient (Wildman–Crippen LogP) is 3.45. The minimum atomic E-state index is -0.740. The number of ether oxygens (including phenoxy) is 2. The van der Waals surface area contributed by atoms with Crippen molar-refractivity contribution in [3.8, 4) is 5.75 Å². The van der Waals surface area contributed by atoms with E-state index in [9.17, 15) is 19.7 Å². The van der Waals surface area contributed by atoms with Crippen LogP contribution < -0.4 is 10.1 Å². The SMILES string of the molecule is COc1ccc([N+](=O)[O-])cc1NC(=O)COC(=O)/C=C/c1ccccc1Cl. The van der Waals surface area contributed by atoms with Crippen LogP contribution in [-0.2, 0) is 14.3 Å². The number of hydrogen-bond acceptors (Lipinski definition) is 6. The summed E-state index contributed by atoms with van der Waals surface area (Å²) in [6, 6.07) is 10.6. The molecule has 0 saturated heterocycles. The summed E-state index contributed by atoms with van der Waals surface area (Å²) >= 11 is 5.96. The fourth-order valence-electron chi connectivity index (χ4n) is 2.05. The molecular weight excluding hydrogens is 376 g/mol. The number of nitrogens with zero attached hydrogens (tertiary/aromatic N) is 1. The zero-order valence-corrected chi connectivity index (χ0v) is 14.9. The van der Waals surface area contributed by atoms with E-state index in [2.05, 4.69) is 5.32 Å². The van der Waals surface area contributed by atoms with E-state index in [0.29, 0.717) is 10.6 Å². The number of nitro benzene ring substituents is 1. The van der Waals surface area contributed by atoms with E-state index in [0.717, 1.165) is 12.1 Å². The minimum Gasteiger partial charge on any atom is -0.495 e. The molecule has 27 heavy (non-hydrogen) atoms. The van der Waals surface area contributed by atoms with Gasteiger partial charge in [-0.1, -0.05) is 29.8 Å². The van der Waals surface area contributed by atoms with Crippen molar-refractivity contribution in [1.82, 2.24) is 0 Å². The Morgan fingerprint density at radius 2 is 2.00 bits per heavy atom. The Morgan fingerprint density at radius 3 is 2.67 bits per heavy atom. The molecule has 2 rings (SSSR count). The van der Waals surface area contributed by atoms with Crippen molar-refractivity contribution >= 4 is 40.9 Å². The lowest BCUT2D eigenvalue weighted by molar-refractivity contribution is -0.384. The maximum Gasteiger partial charge on any atom is 0.331 e. The normalized spacial score (nSPS) is 10.4. The lowest BCUT2D eigenvalue weighted by atomic mass is 10.2. The Balaban J connectivity index is 1.94. The average molecular weight is 391 g/mol. The van der Waals surface area contributed by atoms with Crippen LogP contribution in [0.3, 0.4) is 0 Å². The Labute approximate surface area is 159 Å². The first-order chi connectivity index (χ1) is 12.9. The lowest BCUT2D eigenvalue weighted by Gasteiger charge is -2.09. The minimum absolute atomic E-state index is 0.0966. The highest BCUT2D eigenvalue weighted by Gasteiger charge is 2.14. The number of esters is 1. The van der Waals surface area contributed by atoms with Crippen molar-refractivity contribution in [2.75, 3.05) is 19.0 Å². The Morgan fingerprint density at radius 1 is 1.26 bits per heavy atom. The molecule has 0 unspecified atom stereocenters. The fraction of sp³-hybridized carbons (Fsp3) is 0.111. The Kier molecular flexibility index (Phi) is 6.90. The molecule has 9 heteroatoms. The second kappa shape index (κ2) is 9.35. The molecular formula is C18H15ClN2O6. The summed E-state index contributed by atoms with van der Waals surface area (Å²) in [5.74, 6) is -1.18. The number of amides is 1. The summed E-state index contributed by atoms with van der Waals surface area (Å²) in [6.07, 6.45) is 2.61. The smallest absolute Gasteiger partial charge is 0.331 e. The van der Waals surface area contributed by atoms with Crippen LogP contribution in [0.5, 0.6) is 5.75 Å². The van der Waals surface area contributed by atoms with Crippen molar-refractivity contribution < 1.29 is 24.0 Å². The second-order valence-corrected chi connectivity index (χ2v) is 5.56. The van der Waals surface area contributed by atoms with E-state index in [-0.39, 0.29) is 17.1 Å². The quantitative estimate of drug-likeness (QED) is 0.336. The summed E-state index contributed by atoms with van der Waals surface area (Å²) in [5.41, 5.74) is 0.507. The third-order valence-corrected chi connectivity index (χ3v) is 3.66. The van der Waals surface area contributed by atoms with Gasteiger partial charge in [0.15, 0.2) is 6.61 Å². The van der Waals surface area contributed by atoms with Crippen LogP contribution in [0.25, 0.3) is 6.08 Å². The molecule has 0 spiro atoms. The number of anilines is 1. The number of benzene rings is 2. The number of carbonyl (C=O) groups is 2. The lowest BCUT2D eigenvalue weighted by Crippen LogP contribution is -2.20. The van der Waals surface area contributed by atoms with Gasteiger partial charge in [-0.25, -0.2) is 4.79 Å². The molecule has 2 aromatic rings. The van der Waals surface area contributed by atoms with E-state index in [1.807, 2.05) is 0 Å². The number of methoxy groups -OCH3 is 1. The molecule has 0 atom stereocenters. The maximum absolute atomic E-state index is 11.9. The summed E-state index contributed by atoms with van der Waals surface area (Å²) < 4.78 is 9.87. The number of rotatable bonds is 7. The van der Waals surface area contributed by atoms with Gasteiger partial charge >= 0.3 is 5.97 Å². The van der Waals surface area contributed by atoms with Crippen LogP contribution in [0.15, 0.2) is 48.5 Å². The van der Waals surface area contributed by atoms with Gasteiger partial charge in [0.25, 0.3) is 11.6 Å². The summed E-state index contributed by atoms with van der Waals surface area (Å²) in [6.45, 7) is -0.572. The molecule has 0 aliphatic heterocycles. The maximum atomic E-state index is 11.9. The molecule has 0 saturated carbocycles. The van der Waals surface area contributed by atoms with Crippen LogP contribution in [0.2, 0.25) is 5.02 Å². The van der Waals surface area contributed by atoms with Crippen molar-refractivity contribution in [1.29, 1.82) is 0 Å². The number of halogens is 1. The topological polar surface area (TPSA) is 108 Å². The van der Waals surface area contributed by atoms with Gasteiger partial charge in [-0.15, -0.1) is 0 Å². The van der Waals surface area contributed by atoms with Crippen LogP contribution >= 0.6 is 11.6 Å². The van der Waals surface area contributed by atoms with Crippen LogP contribution in [0.1, 0.15) is 5.56 Å². The number of nitro groups is 1. The van der Waals surface area contributed by atoms with Crippen molar-refractivity contribution in [2.45, 2.75) is 0 Å². The monoisotopic (exact) mass is 390 g/mol. The number of non-ortho nitro benzene ring substituents is 1. The highest BCUT2D eigenvalue weighted by Crippen LogP contribution is 2.28. The van der Waals surface area contributed by atoms with Crippen molar-refractivity contribution in [3.63, 3.8) is 0 Å². The highest BCUT2D eigenvalue weighted by molar-refractivity contribution is 6.32. The summed E-state index contributed by atoms with van der Waals surface area (Å²) in [4.78, 5) is 33.9. The first-order valence-corrected chi connectivity index (χ1v) is 8.00. The van der Waals surface area contributed by atoms with Gasteiger partial charge in [0.2, 0.25) is 0 Å². The third-order valence-electron chi connectivity index (χ3n) is 3.32. The average Bonchev–Trinajstić information content (AvgIpc) is 2.65. The van der Waals surface area contributed by atoms with E-state index in [4.69, 9.17) is 21.1 Å². The molecule has 1 amide bonds. The predicted molar refractivity (Wildman–Crippen MR) is 99.7 cm³/mol. The third kappa shape index (κ3) is 5.82. The van der Waals surface area contributed by atoms with E-state index < -0.39 is 23.4 Å². The first kappa shape index (κ1) is 19.9. The highest BCUT2D eigenvalue weighted by atomic mass is 35.5. The van der Waals surface area contributed by atoms with E-state index in [1.54, 1.807) is 24.3 Å². The molecule has 1 N–H and O–H groups in total. The zero-order chi connectivity index (χ0) is 19.8. The molecule has 0 radical (unpaired) electrons. The number of nitrogens with one attached hydrogen (secondary N) is 1. The van der Waals surface area contributed by atoms with Crippen molar-refractivity contribution in [2.24, 2.45) is 0 Å². The molecule has 8 nitrogen and oxygen atoms in total. The van der Waals surface area contributed by atoms with Gasteiger partial charge < -0.3 is 14.8 Å². The first-order valence-electron chi connectivity index (χ1n) is 7.62. The van der Waals surface area contributed by atoms with E-state index >= 15 is 0 Å². The van der Waals surface area contributed by atoms with Gasteiger partial charge in [-0.2, -0.15) is 0 Å². The molecule has 140 valence electrons. The number of carbonyl (C=O) groups excluding carboxylic acids is 2. The van der Waals surface area contributed by atoms with Crippen LogP contribution in [0, 0.1) is 10.1 Å². The Hall–Kier alpha value is -3.39. The molecule has 0 aromatic heterocycles. The Bertz CT molecular complexity index is 897. The fourth-order valence-corrected chi connectivity index (χ4v) is 2.25. The van der Waals surface area contributed by atoms with Gasteiger partial charge in [-0.3, -0.25) is 14.9 Å². The summed E-state index contributed by atoms with van der Waals surface area (Å²) in [5, 5.41) is 13.7. The standard InChI is InChI=1S/C18H15ClN2O6/c1-26-16-8-7-13(21(24)25)10-15(16)20-17(22)11-27-18(23)9-6-12-4-2-3-5-14(12)19/h2-10H,11H2,1H3,(H,20,22)/b9-6+. The van der Waals surface area contributed by atoms with Crippen molar-refractivity contribution in [3.05, 3.63) is 69.2 Å². The van der Waals surface area contributed by atoms with Crippen LogP contribution in [-0.4, -0.2) is 30.5 Å². The van der Waals surface area contributed by atoms with E-state index in [1.165, 1.54) is 25.3 Å².